The van der Waals surface area contributed by atoms with Crippen molar-refractivity contribution in [2.75, 3.05) is 6.54 Å². The summed E-state index contributed by atoms with van der Waals surface area (Å²) < 4.78 is 4.54. The van der Waals surface area contributed by atoms with Crippen molar-refractivity contribution >= 4 is 34.5 Å². The summed E-state index contributed by atoms with van der Waals surface area (Å²) in [6.45, 7) is 5.01. The fraction of sp³-hybridized carbons (Fsp3) is 0.160. The number of allylic oxidation sites excluding steroid dienone is 1. The molecule has 0 radical (unpaired) electrons. The largest absolute Gasteiger partial charge is 0.330 e. The molecule has 3 heterocycles. The standard InChI is InChI=1S/C25H24N3/c1-17-9-10-19(22-7-4-3-6-21(17)22)11-12-20-16-18(2)25-23(13-14-26)24-8-5-15-27(24)28(20)25/h3-12,15-16H,13-14,26H2,1-2H3/q+1. The molecule has 1 aliphatic heterocycles. The predicted octanol–water partition coefficient (Wildman–Crippen LogP) is 4.42. The summed E-state index contributed by atoms with van der Waals surface area (Å²) in [5.41, 5.74) is 14.8. The molecule has 4 aromatic rings. The van der Waals surface area contributed by atoms with E-state index < -0.39 is 0 Å². The van der Waals surface area contributed by atoms with Crippen molar-refractivity contribution < 1.29 is 4.36 Å². The number of rotatable bonds is 4. The highest BCUT2D eigenvalue weighted by molar-refractivity contribution is 5.94. The van der Waals surface area contributed by atoms with Crippen LogP contribution in [0.25, 0.3) is 34.5 Å². The van der Waals surface area contributed by atoms with Crippen LogP contribution < -0.4 is 10.1 Å². The van der Waals surface area contributed by atoms with Gasteiger partial charge in [-0.2, -0.15) is 0 Å². The molecule has 0 bridgehead atoms. The third-order valence-electron chi connectivity index (χ3n) is 5.74. The second kappa shape index (κ2) is 6.47. The van der Waals surface area contributed by atoms with Crippen molar-refractivity contribution in [1.29, 1.82) is 0 Å². The minimum atomic E-state index is 0.658. The number of aryl methyl sites for hydroxylation is 2. The molecule has 0 fully saturated rings. The maximum Gasteiger partial charge on any atom is 0.242 e. The van der Waals surface area contributed by atoms with Crippen LogP contribution in [0.5, 0.6) is 0 Å². The van der Waals surface area contributed by atoms with Crippen LogP contribution in [0, 0.1) is 20.1 Å². The quantitative estimate of drug-likeness (QED) is 0.533. The summed E-state index contributed by atoms with van der Waals surface area (Å²) in [6.07, 6.45) is 11.8. The lowest BCUT2D eigenvalue weighted by Crippen LogP contribution is -2.24. The lowest BCUT2D eigenvalue weighted by molar-refractivity contribution is -0.583. The van der Waals surface area contributed by atoms with E-state index in [9.17, 15) is 0 Å². The molecule has 0 amide bonds. The van der Waals surface area contributed by atoms with Gasteiger partial charge in [0.15, 0.2) is 0 Å². The molecule has 0 atom stereocenters. The number of hydrogen-bond donors (Lipinski definition) is 1. The molecule has 2 aromatic carbocycles. The Morgan fingerprint density at radius 1 is 1.00 bits per heavy atom. The molecule has 0 saturated carbocycles. The van der Waals surface area contributed by atoms with E-state index in [0.29, 0.717) is 6.54 Å². The number of fused-ring (bicyclic) bond motifs is 4. The molecular weight excluding hydrogens is 342 g/mol. The zero-order valence-corrected chi connectivity index (χ0v) is 16.3. The molecular formula is C25H24N3+. The Labute approximate surface area is 164 Å². The van der Waals surface area contributed by atoms with Crippen molar-refractivity contribution in [2.45, 2.75) is 20.3 Å². The molecule has 28 heavy (non-hydrogen) atoms. The van der Waals surface area contributed by atoms with Gasteiger partial charge >= 0.3 is 0 Å². The molecule has 1 aliphatic rings. The first-order valence-corrected chi connectivity index (χ1v) is 9.82. The Kier molecular flexibility index (Phi) is 3.92. The first kappa shape index (κ1) is 17.0. The van der Waals surface area contributed by atoms with Gasteiger partial charge in [-0.3, -0.25) is 0 Å². The van der Waals surface area contributed by atoms with Crippen molar-refractivity contribution in [3.05, 3.63) is 88.4 Å². The van der Waals surface area contributed by atoms with Crippen LogP contribution in [0.15, 0.2) is 48.5 Å². The summed E-state index contributed by atoms with van der Waals surface area (Å²) in [5, 5.41) is 2.60. The maximum absolute atomic E-state index is 5.89. The van der Waals surface area contributed by atoms with Crippen LogP contribution in [-0.4, -0.2) is 11.1 Å². The average molecular weight is 366 g/mol. The fourth-order valence-electron chi connectivity index (χ4n) is 4.46. The second-order valence-electron chi connectivity index (χ2n) is 7.52. The zero-order valence-electron chi connectivity index (χ0n) is 16.3. The molecule has 138 valence electrons. The van der Waals surface area contributed by atoms with Crippen LogP contribution in [0.4, 0.5) is 0 Å². The monoisotopic (exact) mass is 366 g/mol. The van der Waals surface area contributed by atoms with Gasteiger partial charge in [0.1, 0.15) is 11.2 Å². The van der Waals surface area contributed by atoms with E-state index in [1.807, 2.05) is 0 Å². The van der Waals surface area contributed by atoms with E-state index in [1.165, 1.54) is 49.9 Å². The van der Waals surface area contributed by atoms with E-state index in [0.717, 1.165) is 6.42 Å². The van der Waals surface area contributed by atoms with Gasteiger partial charge in [-0.25, -0.2) is 0 Å². The summed E-state index contributed by atoms with van der Waals surface area (Å²) in [6, 6.07) is 15.3. The van der Waals surface area contributed by atoms with Crippen molar-refractivity contribution in [3.8, 4) is 0 Å². The molecule has 5 rings (SSSR count). The average Bonchev–Trinajstić information content (AvgIpc) is 3.37. The van der Waals surface area contributed by atoms with Crippen molar-refractivity contribution in [2.24, 2.45) is 5.73 Å². The summed E-state index contributed by atoms with van der Waals surface area (Å²) in [5.74, 6) is 0. The summed E-state index contributed by atoms with van der Waals surface area (Å²) >= 11 is 0. The molecule has 3 nitrogen and oxygen atoms in total. The van der Waals surface area contributed by atoms with E-state index in [4.69, 9.17) is 5.73 Å². The van der Waals surface area contributed by atoms with E-state index >= 15 is 0 Å². The number of nitrogens with zero attached hydrogens (tertiary/aromatic N) is 2. The van der Waals surface area contributed by atoms with E-state index in [2.05, 4.69) is 95.7 Å². The van der Waals surface area contributed by atoms with E-state index in [1.54, 1.807) is 0 Å². The van der Waals surface area contributed by atoms with Gasteiger partial charge < -0.3 is 5.73 Å². The highest BCUT2D eigenvalue weighted by atomic mass is 15.3. The van der Waals surface area contributed by atoms with Gasteiger partial charge in [0.2, 0.25) is 11.9 Å². The fourth-order valence-corrected chi connectivity index (χ4v) is 4.46. The Morgan fingerprint density at radius 2 is 1.82 bits per heavy atom. The van der Waals surface area contributed by atoms with Gasteiger partial charge in [0.05, 0.1) is 5.56 Å². The van der Waals surface area contributed by atoms with Gasteiger partial charge in [-0.05, 0) is 66.4 Å². The molecule has 2 aromatic heterocycles. The van der Waals surface area contributed by atoms with Crippen LogP contribution in [0.3, 0.4) is 0 Å². The minimum Gasteiger partial charge on any atom is -0.330 e. The van der Waals surface area contributed by atoms with Crippen molar-refractivity contribution in [3.63, 3.8) is 0 Å². The smallest absolute Gasteiger partial charge is 0.242 e. The van der Waals surface area contributed by atoms with E-state index in [-0.39, 0.29) is 0 Å². The SMILES string of the molecule is Cc1ccc(C=Cc2cc(C)c3c(CCN)c4[n+](n23)=CC=C4)c2ccccc12. The zero-order chi connectivity index (χ0) is 19.3. The van der Waals surface area contributed by atoms with Crippen LogP contribution in [0.1, 0.15) is 33.6 Å². The van der Waals surface area contributed by atoms with Crippen LogP contribution in [0.2, 0.25) is 0 Å². The summed E-state index contributed by atoms with van der Waals surface area (Å²) in [4.78, 5) is 0. The highest BCUT2D eigenvalue weighted by Crippen LogP contribution is 2.27. The van der Waals surface area contributed by atoms with Gasteiger partial charge in [0.25, 0.3) is 0 Å². The van der Waals surface area contributed by atoms with Crippen LogP contribution in [-0.2, 0) is 6.42 Å². The Morgan fingerprint density at radius 3 is 2.64 bits per heavy atom. The topological polar surface area (TPSA) is 36.3 Å². The van der Waals surface area contributed by atoms with Gasteiger partial charge in [0, 0.05) is 12.2 Å². The lowest BCUT2D eigenvalue weighted by Gasteiger charge is -2.05. The molecule has 0 spiro atoms. The first-order valence-electron chi connectivity index (χ1n) is 9.82. The number of aromatic nitrogens is 2. The van der Waals surface area contributed by atoms with Crippen molar-refractivity contribution in [1.82, 2.24) is 4.52 Å². The normalized spacial score (nSPS) is 13.1. The van der Waals surface area contributed by atoms with Gasteiger partial charge in [-0.1, -0.05) is 46.8 Å². The number of benzene rings is 2. The minimum absolute atomic E-state index is 0.658. The molecule has 0 saturated heterocycles. The molecule has 0 unspecified atom stereocenters. The number of hydrogen-bond acceptors (Lipinski definition) is 1. The lowest BCUT2D eigenvalue weighted by atomic mass is 10.00. The Bertz CT molecular complexity index is 1340. The first-order chi connectivity index (χ1) is 13.7. The molecule has 3 heteroatoms. The molecule has 2 N–H and O–H groups in total. The third kappa shape index (κ3) is 2.44. The third-order valence-corrected chi connectivity index (χ3v) is 5.74. The maximum atomic E-state index is 5.89. The second-order valence-corrected chi connectivity index (χ2v) is 7.52. The number of nitrogens with two attached hydrogens (primary N) is 1. The molecule has 0 aliphatic carbocycles. The Hall–Kier alpha value is -3.17. The Balaban J connectivity index is 1.68. The van der Waals surface area contributed by atoms with Crippen LogP contribution >= 0.6 is 0 Å². The van der Waals surface area contributed by atoms with Gasteiger partial charge in [-0.15, -0.1) is 4.52 Å². The highest BCUT2D eigenvalue weighted by Gasteiger charge is 2.26. The predicted molar refractivity (Wildman–Crippen MR) is 117 cm³/mol. The summed E-state index contributed by atoms with van der Waals surface area (Å²) in [7, 11) is 0.